The van der Waals surface area contributed by atoms with Gasteiger partial charge in [-0.25, -0.2) is 19.6 Å². The Hall–Kier alpha value is -5.66. The molecule has 8 atom stereocenters. The number of imidazole rings is 2. The van der Waals surface area contributed by atoms with E-state index >= 15 is 0 Å². The predicted octanol–water partition coefficient (Wildman–Crippen LogP) is 7.78. The number of methoxy groups -OCH3 is 2. The summed E-state index contributed by atoms with van der Waals surface area (Å²) in [4.78, 5) is 73.2. The zero-order valence-electron chi connectivity index (χ0n) is 35.4. The minimum atomic E-state index is -0.686. The minimum Gasteiger partial charge on any atom is -0.453 e. The molecule has 2 aromatic heterocycles. The number of nitrogens with zero attached hydrogens (tertiary/aromatic N) is 4. The van der Waals surface area contributed by atoms with Gasteiger partial charge in [-0.2, -0.15) is 0 Å². The van der Waals surface area contributed by atoms with Crippen molar-refractivity contribution in [2.75, 3.05) is 14.2 Å². The number of rotatable bonds is 11. The van der Waals surface area contributed by atoms with Gasteiger partial charge in [0.05, 0.1) is 50.1 Å². The van der Waals surface area contributed by atoms with Crippen LogP contribution in [-0.4, -0.2) is 92.1 Å². The van der Waals surface area contributed by atoms with Crippen LogP contribution in [-0.2, 0) is 19.1 Å². The number of benzene rings is 2. The molecule has 0 spiro atoms. The monoisotopic (exact) mass is 818 g/mol. The highest BCUT2D eigenvalue weighted by Crippen LogP contribution is 2.49. The second kappa shape index (κ2) is 17.1. The van der Waals surface area contributed by atoms with Gasteiger partial charge in [0.25, 0.3) is 0 Å². The number of amides is 4. The van der Waals surface area contributed by atoms with Crippen LogP contribution >= 0.6 is 0 Å². The van der Waals surface area contributed by atoms with Gasteiger partial charge in [-0.15, -0.1) is 0 Å². The zero-order valence-corrected chi connectivity index (χ0v) is 35.4. The number of aromatic nitrogens is 4. The molecular weight excluding hydrogens is 761 g/mol. The first-order valence-corrected chi connectivity index (χ1v) is 21.6. The number of hydrogen-bond acceptors (Lipinski definition) is 8. The van der Waals surface area contributed by atoms with E-state index in [4.69, 9.17) is 19.4 Å². The van der Waals surface area contributed by atoms with Crippen LogP contribution in [0.2, 0.25) is 0 Å². The van der Waals surface area contributed by atoms with Crippen molar-refractivity contribution < 1.29 is 28.7 Å². The van der Waals surface area contributed by atoms with Crippen LogP contribution < -0.4 is 10.6 Å². The van der Waals surface area contributed by atoms with E-state index in [1.165, 1.54) is 14.2 Å². The predicted molar refractivity (Wildman–Crippen MR) is 226 cm³/mol. The van der Waals surface area contributed by atoms with Crippen LogP contribution in [0.3, 0.4) is 0 Å². The van der Waals surface area contributed by atoms with Crippen LogP contribution in [0, 0.1) is 23.7 Å². The van der Waals surface area contributed by atoms with Crippen molar-refractivity contribution in [1.82, 2.24) is 40.4 Å². The average molecular weight is 819 g/mol. The number of carbonyl (C=O) groups excluding carboxylic acids is 4. The summed E-state index contributed by atoms with van der Waals surface area (Å²) in [7, 11) is 2.62. The van der Waals surface area contributed by atoms with Crippen molar-refractivity contribution in [1.29, 1.82) is 0 Å². The van der Waals surface area contributed by atoms with Gasteiger partial charge in [-0.1, -0.05) is 89.1 Å². The molecule has 14 nitrogen and oxygen atoms in total. The topological polar surface area (TPSA) is 175 Å². The number of ether oxygens (including phenoxy) is 2. The Morgan fingerprint density at radius 1 is 0.600 bits per heavy atom. The summed E-state index contributed by atoms with van der Waals surface area (Å²) in [5, 5.41) is 5.56. The van der Waals surface area contributed by atoms with Gasteiger partial charge in [-0.05, 0) is 84.5 Å². The van der Waals surface area contributed by atoms with Crippen molar-refractivity contribution in [3.8, 4) is 33.6 Å². The maximum absolute atomic E-state index is 14.1. The molecule has 8 rings (SSSR count). The maximum atomic E-state index is 14.1. The van der Waals surface area contributed by atoms with Crippen LogP contribution in [0.1, 0.15) is 103 Å². The van der Waals surface area contributed by atoms with Gasteiger partial charge in [-0.3, -0.25) is 9.59 Å². The standard InChI is InChI=1S/C46H58N8O6/c1-25(2)39(51-45(57)59-5)43(55)53-35-11-7-9-31(35)21-37(53)41-47-23-33(49-41)29-17-13-27(14-18-29)28-15-19-30(20-16-28)34-24-48-42(50-34)38-22-32-10-8-12-36(32)54(38)44(56)40(26(3)4)52-46(58)60-6/h13-20,23-26,31-32,35-40H,7-12,21-22H2,1-6H3,(H,47,49)(H,48,50)(H,51,57)(H,52,58)/t31-,32-,35-,36-,37-,38-,39-,40?/m0/s1. The SMILES string of the molecule is COC(=O)NC(C(=O)N1[C@H](c2ncc(-c3ccc(-c4ccc(-c5cnc([C@@H]6C[C@@H]7CCC[C@@H]7N6C(=O)[C@@H](NC(=O)OC)C(C)C)[nH]5)cc4)cc3)[nH]2)C[C@@H]2CCC[C@@H]21)C(C)C. The van der Waals surface area contributed by atoms with Crippen molar-refractivity contribution in [3.63, 3.8) is 0 Å². The summed E-state index contributed by atoms with van der Waals surface area (Å²) in [5.74, 6) is 1.97. The molecule has 4 aliphatic rings. The van der Waals surface area contributed by atoms with Crippen LogP contribution in [0.25, 0.3) is 33.6 Å². The van der Waals surface area contributed by atoms with Gasteiger partial charge in [0.15, 0.2) is 0 Å². The van der Waals surface area contributed by atoms with E-state index in [-0.39, 0.29) is 47.8 Å². The van der Waals surface area contributed by atoms with Crippen molar-refractivity contribution in [3.05, 3.63) is 72.6 Å². The molecule has 2 aromatic carbocycles. The Bertz CT molecular complexity index is 2030. The van der Waals surface area contributed by atoms with E-state index in [1.54, 1.807) is 0 Å². The van der Waals surface area contributed by atoms with Gasteiger partial charge in [0.1, 0.15) is 23.7 Å². The minimum absolute atomic E-state index is 0.0863. The quantitative estimate of drug-likeness (QED) is 0.119. The number of carbonyl (C=O) groups is 4. The fourth-order valence-corrected chi connectivity index (χ4v) is 10.4. The summed E-state index contributed by atoms with van der Waals surface area (Å²) in [6, 6.07) is 15.2. The van der Waals surface area contributed by atoms with E-state index in [1.807, 2.05) is 49.9 Å². The molecule has 0 radical (unpaired) electrons. The first kappa shape index (κ1) is 41.1. The third kappa shape index (κ3) is 7.88. The molecule has 1 unspecified atom stereocenters. The molecule has 60 heavy (non-hydrogen) atoms. The molecule has 0 bridgehead atoms. The highest BCUT2D eigenvalue weighted by atomic mass is 16.5. The number of nitrogens with one attached hydrogen (secondary N) is 4. The second-order valence-electron chi connectivity index (χ2n) is 17.7. The average Bonchev–Trinajstić information content (AvgIpc) is 4.10. The van der Waals surface area contributed by atoms with E-state index in [0.29, 0.717) is 11.8 Å². The molecule has 4 aromatic rings. The number of likely N-dealkylation sites (tertiary alicyclic amines) is 2. The Morgan fingerprint density at radius 2 is 0.967 bits per heavy atom. The van der Waals surface area contributed by atoms with Gasteiger partial charge in [0, 0.05) is 12.1 Å². The van der Waals surface area contributed by atoms with E-state index in [0.717, 1.165) is 96.7 Å². The third-order valence-electron chi connectivity index (χ3n) is 13.5. The lowest BCUT2D eigenvalue weighted by molar-refractivity contribution is -0.138. The van der Waals surface area contributed by atoms with Crippen molar-refractivity contribution >= 4 is 24.0 Å². The molecule has 4 heterocycles. The Kier molecular flexibility index (Phi) is 11.7. The highest BCUT2D eigenvalue weighted by molar-refractivity contribution is 5.87. The molecule has 318 valence electrons. The summed E-state index contributed by atoms with van der Waals surface area (Å²) < 4.78 is 9.69. The molecule has 4 N–H and O–H groups in total. The summed E-state index contributed by atoms with van der Waals surface area (Å²) in [6.07, 6.45) is 10.4. The fraction of sp³-hybridized carbons (Fsp3) is 0.522. The molecule has 14 heteroatoms. The maximum Gasteiger partial charge on any atom is 0.407 e. The lowest BCUT2D eigenvalue weighted by Gasteiger charge is -2.33. The second-order valence-corrected chi connectivity index (χ2v) is 17.7. The first-order valence-electron chi connectivity index (χ1n) is 21.6. The van der Waals surface area contributed by atoms with E-state index in [2.05, 4.69) is 69.1 Å². The first-order chi connectivity index (χ1) is 28.9. The number of hydrogen-bond donors (Lipinski definition) is 4. The van der Waals surface area contributed by atoms with Crippen LogP contribution in [0.4, 0.5) is 9.59 Å². The fourth-order valence-electron chi connectivity index (χ4n) is 10.4. The molecule has 4 fully saturated rings. The lowest BCUT2D eigenvalue weighted by atomic mass is 10.0. The molecule has 2 aliphatic heterocycles. The molecule has 2 aliphatic carbocycles. The van der Waals surface area contributed by atoms with Gasteiger partial charge >= 0.3 is 12.2 Å². The largest absolute Gasteiger partial charge is 0.453 e. The summed E-state index contributed by atoms with van der Waals surface area (Å²) >= 11 is 0. The van der Waals surface area contributed by atoms with Gasteiger partial charge in [0.2, 0.25) is 11.8 Å². The van der Waals surface area contributed by atoms with Crippen LogP contribution in [0.5, 0.6) is 0 Å². The lowest BCUT2D eigenvalue weighted by Crippen LogP contribution is -2.53. The zero-order chi connectivity index (χ0) is 42.2. The summed E-state index contributed by atoms with van der Waals surface area (Å²) in [6.45, 7) is 7.74. The number of aromatic amines is 2. The Balaban J connectivity index is 0.956. The van der Waals surface area contributed by atoms with Crippen molar-refractivity contribution in [2.45, 2.75) is 115 Å². The molecule has 2 saturated carbocycles. The Morgan fingerprint density at radius 3 is 1.32 bits per heavy atom. The number of alkyl carbamates (subject to hydrolysis) is 2. The van der Waals surface area contributed by atoms with E-state index < -0.39 is 24.3 Å². The van der Waals surface area contributed by atoms with E-state index in [9.17, 15) is 19.2 Å². The highest BCUT2D eigenvalue weighted by Gasteiger charge is 2.51. The molecular formula is C46H58N8O6. The molecule has 4 amide bonds. The third-order valence-corrected chi connectivity index (χ3v) is 13.5. The normalized spacial score (nSPS) is 24.3. The van der Waals surface area contributed by atoms with Crippen LogP contribution in [0.15, 0.2) is 60.9 Å². The number of fused-ring (bicyclic) bond motifs is 2. The van der Waals surface area contributed by atoms with Gasteiger partial charge < -0.3 is 39.9 Å². The van der Waals surface area contributed by atoms with Crippen molar-refractivity contribution in [2.24, 2.45) is 23.7 Å². The summed E-state index contributed by atoms with van der Waals surface area (Å²) in [5.41, 5.74) is 5.88. The number of H-pyrrole nitrogens is 2. The Labute approximate surface area is 351 Å². The molecule has 2 saturated heterocycles. The smallest absolute Gasteiger partial charge is 0.407 e.